The monoisotopic (exact) mass is 642 g/mol. The van der Waals surface area contributed by atoms with E-state index in [-0.39, 0.29) is 12.0 Å². The maximum absolute atomic E-state index is 10.6. The maximum atomic E-state index is 10.6. The Bertz CT molecular complexity index is 2580. The smallest absolute Gasteiger partial charge is 0.101 e. The third-order valence-electron chi connectivity index (χ3n) is 10.6. The average molecular weight is 643 g/mol. The van der Waals surface area contributed by atoms with E-state index in [2.05, 4.69) is 149 Å². The number of nitrogens with zero attached hydrogens (tertiary/aromatic N) is 4. The Kier molecular flexibility index (Phi) is 7.30. The number of nitriles is 2. The molecule has 0 aliphatic heterocycles. The summed E-state index contributed by atoms with van der Waals surface area (Å²) in [6.45, 7) is 0. The molecule has 3 aliphatic carbocycles. The first-order valence-corrected chi connectivity index (χ1v) is 17.4. The molecule has 2 unspecified atom stereocenters. The molecule has 2 heterocycles. The molecule has 0 bridgehead atoms. The summed E-state index contributed by atoms with van der Waals surface area (Å²) in [5.41, 5.74) is 13.0. The molecule has 0 radical (unpaired) electrons. The van der Waals surface area contributed by atoms with E-state index in [0.717, 1.165) is 52.7 Å². The minimum atomic E-state index is -0.234. The first-order chi connectivity index (χ1) is 24.7. The summed E-state index contributed by atoms with van der Waals surface area (Å²) in [6.07, 6.45) is 20.6. The van der Waals surface area contributed by atoms with Gasteiger partial charge in [0.1, 0.15) is 6.07 Å². The van der Waals surface area contributed by atoms with Crippen molar-refractivity contribution in [3.8, 4) is 17.8 Å². The van der Waals surface area contributed by atoms with Crippen molar-refractivity contribution in [2.45, 2.75) is 37.6 Å². The van der Waals surface area contributed by atoms with Crippen LogP contribution in [0.2, 0.25) is 0 Å². The van der Waals surface area contributed by atoms with Crippen LogP contribution in [0.15, 0.2) is 139 Å². The normalized spacial score (nSPS) is 17.8. The van der Waals surface area contributed by atoms with Crippen molar-refractivity contribution >= 4 is 39.5 Å². The summed E-state index contributed by atoms with van der Waals surface area (Å²) in [5, 5.41) is 23.4. The fourth-order valence-electron chi connectivity index (χ4n) is 8.46. The molecule has 4 nitrogen and oxygen atoms in total. The quantitative estimate of drug-likeness (QED) is 0.188. The number of hydrogen-bond acceptors (Lipinski definition) is 2. The van der Waals surface area contributed by atoms with E-state index in [9.17, 15) is 10.5 Å². The van der Waals surface area contributed by atoms with Gasteiger partial charge in [-0.05, 0) is 84.4 Å². The van der Waals surface area contributed by atoms with Crippen LogP contribution in [0.25, 0.3) is 45.2 Å². The highest BCUT2D eigenvalue weighted by Crippen LogP contribution is 2.46. The number of rotatable bonds is 5. The molecule has 2 aromatic heterocycles. The Morgan fingerprint density at radius 3 is 2.48 bits per heavy atom. The van der Waals surface area contributed by atoms with Gasteiger partial charge >= 0.3 is 0 Å². The molecule has 4 aromatic carbocycles. The SMILES string of the molecule is N#CC1=CCC=Cc2c1n(C1C=CC=C(C#N)C1c1ccccc1Cc1cccc(-n3c4c(c5ccccc53)CCC=C4)c1)c1ccccc21. The van der Waals surface area contributed by atoms with Crippen LogP contribution >= 0.6 is 0 Å². The molecule has 4 heteroatoms. The topological polar surface area (TPSA) is 57.4 Å². The zero-order valence-corrected chi connectivity index (χ0v) is 27.6. The largest absolute Gasteiger partial charge is 0.331 e. The summed E-state index contributed by atoms with van der Waals surface area (Å²) in [7, 11) is 0. The van der Waals surface area contributed by atoms with Gasteiger partial charge < -0.3 is 9.13 Å². The van der Waals surface area contributed by atoms with Crippen molar-refractivity contribution in [3.63, 3.8) is 0 Å². The number of hydrogen-bond donors (Lipinski definition) is 0. The summed E-state index contributed by atoms with van der Waals surface area (Å²) < 4.78 is 4.72. The van der Waals surface area contributed by atoms with Crippen LogP contribution in [-0.4, -0.2) is 9.13 Å². The molecule has 0 amide bonds. The molecule has 0 fully saturated rings. The molecule has 0 spiro atoms. The number of para-hydroxylation sites is 2. The van der Waals surface area contributed by atoms with Gasteiger partial charge in [0.05, 0.1) is 28.9 Å². The predicted octanol–water partition coefficient (Wildman–Crippen LogP) is 10.8. The second-order valence-corrected chi connectivity index (χ2v) is 13.3. The second kappa shape index (κ2) is 12.3. The number of benzene rings is 4. The summed E-state index contributed by atoms with van der Waals surface area (Å²) in [6, 6.07) is 39.5. The van der Waals surface area contributed by atoms with Crippen LogP contribution in [0.3, 0.4) is 0 Å². The van der Waals surface area contributed by atoms with Gasteiger partial charge in [-0.25, -0.2) is 0 Å². The van der Waals surface area contributed by atoms with Gasteiger partial charge in [-0.2, -0.15) is 10.5 Å². The predicted molar refractivity (Wildman–Crippen MR) is 204 cm³/mol. The van der Waals surface area contributed by atoms with E-state index in [0.29, 0.717) is 17.6 Å². The summed E-state index contributed by atoms with van der Waals surface area (Å²) in [5.74, 6) is -0.234. The zero-order chi connectivity index (χ0) is 33.6. The lowest BCUT2D eigenvalue weighted by molar-refractivity contribution is 0.543. The lowest BCUT2D eigenvalue weighted by atomic mass is 9.79. The van der Waals surface area contributed by atoms with Crippen LogP contribution in [0.1, 0.15) is 64.0 Å². The molecule has 0 saturated heterocycles. The highest BCUT2D eigenvalue weighted by molar-refractivity contribution is 5.99. The van der Waals surface area contributed by atoms with Gasteiger partial charge in [0.25, 0.3) is 0 Å². The van der Waals surface area contributed by atoms with Crippen molar-refractivity contribution < 1.29 is 0 Å². The average Bonchev–Trinajstić information content (AvgIpc) is 3.58. The summed E-state index contributed by atoms with van der Waals surface area (Å²) >= 11 is 0. The highest BCUT2D eigenvalue weighted by Gasteiger charge is 2.34. The Morgan fingerprint density at radius 2 is 1.60 bits per heavy atom. The molecule has 0 N–H and O–H groups in total. The van der Waals surface area contributed by atoms with Gasteiger partial charge in [-0.1, -0.05) is 109 Å². The molecule has 6 aromatic rings. The van der Waals surface area contributed by atoms with Gasteiger partial charge in [-0.15, -0.1) is 0 Å². The first-order valence-electron chi connectivity index (χ1n) is 17.4. The Hall–Kier alpha value is -6.36. The molecule has 9 rings (SSSR count). The zero-order valence-electron chi connectivity index (χ0n) is 27.6. The van der Waals surface area contributed by atoms with Gasteiger partial charge in [0.2, 0.25) is 0 Å². The molecule has 2 atom stereocenters. The van der Waals surface area contributed by atoms with Crippen molar-refractivity contribution in [1.29, 1.82) is 10.5 Å². The van der Waals surface area contributed by atoms with Gasteiger partial charge in [0.15, 0.2) is 0 Å². The van der Waals surface area contributed by atoms with E-state index in [1.807, 2.05) is 18.2 Å². The van der Waals surface area contributed by atoms with Crippen LogP contribution in [0.4, 0.5) is 0 Å². The minimum absolute atomic E-state index is 0.205. The maximum Gasteiger partial charge on any atom is 0.101 e. The molecular weight excluding hydrogens is 609 g/mol. The molecule has 238 valence electrons. The fraction of sp³-hybridized carbons (Fsp3) is 0.130. The minimum Gasteiger partial charge on any atom is -0.331 e. The van der Waals surface area contributed by atoms with E-state index in [1.54, 1.807) is 0 Å². The lowest BCUT2D eigenvalue weighted by Crippen LogP contribution is -2.22. The standard InChI is InChI=1S/C46H34N4/c47-29-33-16-12-26-44(50-43-25-10-7-21-39(43)40-22-4-2-15-34(30-48)46(40)50)45(33)36-18-3-1-14-32(36)27-31-13-11-17-35(28-31)49-41-23-8-5-19-37(41)38-20-6-9-24-42(38)49/h1,3-5,7-19,21-26,28,44-45H,2,6,20,27H2. The van der Waals surface area contributed by atoms with Crippen LogP contribution in [0, 0.1) is 22.7 Å². The fourth-order valence-corrected chi connectivity index (χ4v) is 8.46. The first kappa shape index (κ1) is 29.8. The van der Waals surface area contributed by atoms with Crippen LogP contribution in [0.5, 0.6) is 0 Å². The lowest BCUT2D eigenvalue weighted by Gasteiger charge is -2.32. The molecule has 0 saturated carbocycles. The Balaban J connectivity index is 1.17. The van der Waals surface area contributed by atoms with E-state index in [1.165, 1.54) is 33.3 Å². The van der Waals surface area contributed by atoms with E-state index in [4.69, 9.17) is 0 Å². The van der Waals surface area contributed by atoms with Crippen molar-refractivity contribution in [2.75, 3.05) is 0 Å². The number of fused-ring (bicyclic) bond motifs is 6. The van der Waals surface area contributed by atoms with Crippen molar-refractivity contribution in [2.24, 2.45) is 0 Å². The number of allylic oxidation sites excluding steroid dienone is 8. The van der Waals surface area contributed by atoms with E-state index < -0.39 is 0 Å². The number of aryl methyl sites for hydroxylation is 1. The number of aromatic nitrogens is 2. The van der Waals surface area contributed by atoms with Crippen LogP contribution < -0.4 is 0 Å². The Morgan fingerprint density at radius 1 is 0.780 bits per heavy atom. The third kappa shape index (κ3) is 4.73. The van der Waals surface area contributed by atoms with Gasteiger partial charge in [-0.3, -0.25) is 0 Å². The molecule has 50 heavy (non-hydrogen) atoms. The van der Waals surface area contributed by atoms with Gasteiger partial charge in [0, 0.05) is 44.7 Å². The molecule has 3 aliphatic rings. The third-order valence-corrected chi connectivity index (χ3v) is 10.6. The Labute approximate surface area is 292 Å². The summed E-state index contributed by atoms with van der Waals surface area (Å²) in [4.78, 5) is 0. The highest BCUT2D eigenvalue weighted by atomic mass is 15.0. The second-order valence-electron chi connectivity index (χ2n) is 13.3. The van der Waals surface area contributed by atoms with Crippen LogP contribution in [-0.2, 0) is 12.8 Å². The van der Waals surface area contributed by atoms with Crippen molar-refractivity contribution in [3.05, 3.63) is 178 Å². The van der Waals surface area contributed by atoms with Crippen molar-refractivity contribution in [1.82, 2.24) is 9.13 Å². The van der Waals surface area contributed by atoms with E-state index >= 15 is 0 Å². The molecular formula is C46H34N4.